The molecule has 3 aromatic carbocycles. The Morgan fingerprint density at radius 1 is 0.941 bits per heavy atom. The number of hydrogen-bond donors (Lipinski definition) is 1. The fourth-order valence-corrected chi connectivity index (χ4v) is 7.02. The highest BCUT2D eigenvalue weighted by Gasteiger charge is 2.56. The Morgan fingerprint density at radius 3 is 2.21 bits per heavy atom. The van der Waals surface area contributed by atoms with Crippen molar-refractivity contribution in [3.8, 4) is 11.1 Å². The topological polar surface area (TPSA) is 69.7 Å². The van der Waals surface area contributed by atoms with Gasteiger partial charge in [0.25, 0.3) is 5.91 Å². The maximum atomic E-state index is 13.3. The summed E-state index contributed by atoms with van der Waals surface area (Å²) in [6, 6.07) is 22.0. The molecule has 0 aromatic heterocycles. The van der Waals surface area contributed by atoms with E-state index in [4.69, 9.17) is 11.6 Å². The minimum Gasteiger partial charge on any atom is -0.345 e. The third kappa shape index (κ3) is 3.92. The molecule has 0 aliphatic carbocycles. The first-order valence-corrected chi connectivity index (χ1v) is 13.0. The van der Waals surface area contributed by atoms with Gasteiger partial charge in [-0.2, -0.15) is 4.31 Å². The molecule has 2 aliphatic rings. The van der Waals surface area contributed by atoms with Gasteiger partial charge >= 0.3 is 0 Å². The molecule has 1 N–H and O–H groups in total. The average molecular weight is 496 g/mol. The summed E-state index contributed by atoms with van der Waals surface area (Å²) in [7, 11) is -0.110. The summed E-state index contributed by atoms with van der Waals surface area (Å²) in [6.07, 6.45) is 0. The van der Waals surface area contributed by atoms with Gasteiger partial charge in [-0.3, -0.25) is 4.79 Å². The zero-order chi connectivity index (χ0) is 24.0. The number of piperazine rings is 1. The van der Waals surface area contributed by atoms with Crippen molar-refractivity contribution in [3.05, 3.63) is 88.9 Å². The van der Waals surface area contributed by atoms with E-state index in [-0.39, 0.29) is 28.8 Å². The maximum absolute atomic E-state index is 13.3. The minimum atomic E-state index is -3.59. The van der Waals surface area contributed by atoms with Crippen LogP contribution in [0.1, 0.15) is 21.8 Å². The van der Waals surface area contributed by atoms with Gasteiger partial charge < -0.3 is 10.2 Å². The van der Waals surface area contributed by atoms with Crippen LogP contribution in [0.15, 0.2) is 77.7 Å². The van der Waals surface area contributed by atoms with Crippen molar-refractivity contribution in [1.29, 1.82) is 0 Å². The van der Waals surface area contributed by atoms with Gasteiger partial charge in [-0.15, -0.1) is 0 Å². The Kier molecular flexibility index (Phi) is 5.98. The van der Waals surface area contributed by atoms with Gasteiger partial charge in [0.15, 0.2) is 0 Å². The molecule has 0 spiro atoms. The van der Waals surface area contributed by atoms with Crippen LogP contribution in [0.5, 0.6) is 0 Å². The number of piperidine rings is 1. The lowest BCUT2D eigenvalue weighted by molar-refractivity contribution is 0.0370. The molecule has 2 aliphatic heterocycles. The second kappa shape index (κ2) is 8.82. The first kappa shape index (κ1) is 23.1. The van der Waals surface area contributed by atoms with Gasteiger partial charge in [0.1, 0.15) is 0 Å². The van der Waals surface area contributed by atoms with Crippen LogP contribution in [-0.4, -0.2) is 62.8 Å². The number of benzene rings is 3. The van der Waals surface area contributed by atoms with Crippen LogP contribution in [0, 0.1) is 0 Å². The number of carbonyl (C=O) groups excluding carboxylic acids is 1. The Balaban J connectivity index is 1.38. The molecule has 0 saturated carbocycles. The number of sulfonamides is 1. The van der Waals surface area contributed by atoms with Gasteiger partial charge in [-0.1, -0.05) is 48.0 Å². The van der Waals surface area contributed by atoms with Crippen LogP contribution < -0.4 is 5.32 Å². The third-order valence-corrected chi connectivity index (χ3v) is 8.94. The van der Waals surface area contributed by atoms with E-state index in [1.54, 1.807) is 47.6 Å². The highest BCUT2D eigenvalue weighted by atomic mass is 35.5. The molecule has 34 heavy (non-hydrogen) atoms. The van der Waals surface area contributed by atoms with Crippen LogP contribution in [0.4, 0.5) is 0 Å². The van der Waals surface area contributed by atoms with Gasteiger partial charge in [0.05, 0.1) is 4.90 Å². The molecule has 2 bridgehead atoms. The summed E-state index contributed by atoms with van der Waals surface area (Å²) in [5, 5.41) is 3.86. The van der Waals surface area contributed by atoms with Gasteiger partial charge in [-0.05, 0) is 53.1 Å². The summed E-state index contributed by atoms with van der Waals surface area (Å²) in [6.45, 7) is 1.23. The number of nitrogens with zero attached hydrogens (tertiary/aromatic N) is 2. The van der Waals surface area contributed by atoms with E-state index in [1.807, 2.05) is 36.4 Å². The molecule has 2 fully saturated rings. The predicted octanol–water partition coefficient (Wildman–Crippen LogP) is 3.84. The van der Waals surface area contributed by atoms with Crippen LogP contribution in [0.3, 0.4) is 0 Å². The molecule has 3 aromatic rings. The highest BCUT2D eigenvalue weighted by Crippen LogP contribution is 2.46. The number of carbonyl (C=O) groups is 1. The smallest absolute Gasteiger partial charge is 0.253 e. The number of nitrogens with one attached hydrogen (secondary N) is 1. The van der Waals surface area contributed by atoms with E-state index in [1.165, 1.54) is 0 Å². The van der Waals surface area contributed by atoms with Crippen molar-refractivity contribution < 1.29 is 13.2 Å². The van der Waals surface area contributed by atoms with E-state index in [9.17, 15) is 13.2 Å². The van der Waals surface area contributed by atoms with Gasteiger partial charge in [-0.25, -0.2) is 8.42 Å². The molecule has 176 valence electrons. The van der Waals surface area contributed by atoms with Crippen LogP contribution in [0.25, 0.3) is 11.1 Å². The third-order valence-electron chi connectivity index (χ3n) is 6.72. The van der Waals surface area contributed by atoms with Gasteiger partial charge in [0.2, 0.25) is 10.0 Å². The van der Waals surface area contributed by atoms with Crippen molar-refractivity contribution in [2.75, 3.05) is 27.2 Å². The van der Waals surface area contributed by atoms with Crippen LogP contribution >= 0.6 is 11.6 Å². The molecule has 8 heteroatoms. The maximum Gasteiger partial charge on any atom is 0.253 e. The summed E-state index contributed by atoms with van der Waals surface area (Å²) < 4.78 is 28.3. The minimum absolute atomic E-state index is 0.0322. The summed E-state index contributed by atoms with van der Waals surface area (Å²) >= 11 is 5.95. The monoisotopic (exact) mass is 495 g/mol. The molecular formula is C26H26ClN3O3S. The number of rotatable bonds is 5. The van der Waals surface area contributed by atoms with Crippen molar-refractivity contribution >= 4 is 27.5 Å². The Bertz CT molecular complexity index is 1310. The van der Waals surface area contributed by atoms with Crippen molar-refractivity contribution in [2.45, 2.75) is 22.9 Å². The first-order chi connectivity index (χ1) is 16.3. The van der Waals surface area contributed by atoms with Crippen LogP contribution in [0.2, 0.25) is 5.02 Å². The number of hydrogen-bond acceptors (Lipinski definition) is 4. The zero-order valence-corrected chi connectivity index (χ0v) is 20.6. The Morgan fingerprint density at radius 2 is 1.59 bits per heavy atom. The lowest BCUT2D eigenvalue weighted by Gasteiger charge is -2.57. The second-order valence-electron chi connectivity index (χ2n) is 9.01. The standard InChI is InChI=1S/C26H26ClN3O3S/c1-29(2)26(31)20-5-3-4-19(14-20)17-6-8-18(9-7-17)25-23-15-28-16-24(25)30(23)34(32,33)22-12-10-21(27)11-13-22/h3-14,23-25,28H,15-16H2,1-2H3/t23-,24+,25?. The van der Waals surface area contributed by atoms with Crippen molar-refractivity contribution in [1.82, 2.24) is 14.5 Å². The molecule has 1 unspecified atom stereocenters. The molecule has 3 atom stereocenters. The number of amides is 1. The molecule has 1 amide bonds. The lowest BCUT2D eigenvalue weighted by atomic mass is 9.74. The highest BCUT2D eigenvalue weighted by molar-refractivity contribution is 7.89. The van der Waals surface area contributed by atoms with E-state index in [0.29, 0.717) is 23.7 Å². The largest absolute Gasteiger partial charge is 0.345 e. The fourth-order valence-electron chi connectivity index (χ4n) is 5.05. The van der Waals surface area contributed by atoms with E-state index in [2.05, 4.69) is 17.4 Å². The average Bonchev–Trinajstić information content (AvgIpc) is 2.84. The summed E-state index contributed by atoms with van der Waals surface area (Å²) in [4.78, 5) is 14.2. The van der Waals surface area contributed by atoms with Crippen LogP contribution in [-0.2, 0) is 10.0 Å². The van der Waals surface area contributed by atoms with Gasteiger partial charge in [0, 0.05) is 55.8 Å². The number of halogens is 1. The Hall–Kier alpha value is -2.71. The van der Waals surface area contributed by atoms with E-state index < -0.39 is 10.0 Å². The predicted molar refractivity (Wildman–Crippen MR) is 134 cm³/mol. The van der Waals surface area contributed by atoms with E-state index in [0.717, 1.165) is 16.7 Å². The quantitative estimate of drug-likeness (QED) is 0.584. The molecule has 2 saturated heterocycles. The Labute approximate surface area is 205 Å². The lowest BCUT2D eigenvalue weighted by Crippen LogP contribution is -2.73. The molecule has 6 nitrogen and oxygen atoms in total. The molecular weight excluding hydrogens is 470 g/mol. The van der Waals surface area contributed by atoms with Crippen molar-refractivity contribution in [2.24, 2.45) is 0 Å². The molecule has 0 radical (unpaired) electrons. The summed E-state index contributed by atoms with van der Waals surface area (Å²) in [5.41, 5.74) is 3.77. The summed E-state index contributed by atoms with van der Waals surface area (Å²) in [5.74, 6) is 0.106. The molecule has 2 heterocycles. The second-order valence-corrected chi connectivity index (χ2v) is 11.3. The van der Waals surface area contributed by atoms with E-state index >= 15 is 0 Å². The van der Waals surface area contributed by atoms with Crippen molar-refractivity contribution in [3.63, 3.8) is 0 Å². The number of fused-ring (bicyclic) bond motifs is 2. The fraction of sp³-hybridized carbons (Fsp3) is 0.269. The SMILES string of the molecule is CN(C)C(=O)c1cccc(-c2ccc(C3[C@H]4CNC[C@@H]3N4S(=O)(=O)c3ccc(Cl)cc3)cc2)c1. The normalized spacial score (nSPS) is 22.1. The zero-order valence-electron chi connectivity index (χ0n) is 19.0. The first-order valence-electron chi connectivity index (χ1n) is 11.2. The molecule has 5 rings (SSSR count).